The highest BCUT2D eigenvalue weighted by Gasteiger charge is 1.98. The van der Waals surface area contributed by atoms with E-state index in [2.05, 4.69) is 29.3 Å². The molecule has 0 aliphatic heterocycles. The predicted octanol–water partition coefficient (Wildman–Crippen LogP) is 3.30. The number of rotatable bonds is 10. The lowest BCUT2D eigenvalue weighted by Crippen LogP contribution is -2.22. The van der Waals surface area contributed by atoms with Gasteiger partial charge in [-0.2, -0.15) is 0 Å². The molecule has 0 aliphatic rings. The molecule has 0 amide bonds. The highest BCUT2D eigenvalue weighted by molar-refractivity contribution is 5.49. The molecule has 108 valence electrons. The Morgan fingerprint density at radius 3 is 2.68 bits per heavy atom. The fourth-order valence-corrected chi connectivity index (χ4v) is 1.89. The Morgan fingerprint density at radius 1 is 1.11 bits per heavy atom. The van der Waals surface area contributed by atoms with E-state index in [1.807, 2.05) is 26.2 Å². The second-order valence-electron chi connectivity index (χ2n) is 5.05. The van der Waals surface area contributed by atoms with Crippen LogP contribution in [-0.4, -0.2) is 33.8 Å². The monoisotopic (exact) mass is 264 g/mol. The number of anilines is 1. The van der Waals surface area contributed by atoms with E-state index in [-0.39, 0.29) is 0 Å². The average Bonchev–Trinajstić information content (AvgIpc) is 2.42. The maximum absolute atomic E-state index is 5.74. The second kappa shape index (κ2) is 9.68. The largest absolute Gasteiger partial charge is 0.492 e. The lowest BCUT2D eigenvalue weighted by molar-refractivity contribution is 0.313. The topological polar surface area (TPSA) is 24.5 Å². The Balaban J connectivity index is 2.10. The van der Waals surface area contributed by atoms with Gasteiger partial charge in [0, 0.05) is 32.4 Å². The molecule has 1 aromatic carbocycles. The summed E-state index contributed by atoms with van der Waals surface area (Å²) in [4.78, 5) is 2.08. The molecule has 0 unspecified atom stereocenters. The van der Waals surface area contributed by atoms with Gasteiger partial charge in [-0.25, -0.2) is 0 Å². The van der Waals surface area contributed by atoms with Gasteiger partial charge in [-0.15, -0.1) is 0 Å². The Hall–Kier alpha value is -1.22. The zero-order valence-corrected chi connectivity index (χ0v) is 12.6. The summed E-state index contributed by atoms with van der Waals surface area (Å²) in [5.41, 5.74) is 1.17. The van der Waals surface area contributed by atoms with E-state index in [1.165, 1.54) is 31.4 Å². The van der Waals surface area contributed by atoms with Gasteiger partial charge in [0.15, 0.2) is 0 Å². The van der Waals surface area contributed by atoms with Crippen molar-refractivity contribution < 1.29 is 4.74 Å². The third-order valence-corrected chi connectivity index (χ3v) is 3.09. The first-order chi connectivity index (χ1) is 9.24. The van der Waals surface area contributed by atoms with Gasteiger partial charge in [-0.3, -0.25) is 0 Å². The molecule has 1 N–H and O–H groups in total. The highest BCUT2D eigenvalue weighted by Crippen LogP contribution is 2.18. The van der Waals surface area contributed by atoms with Crippen LogP contribution in [0.25, 0.3) is 0 Å². The van der Waals surface area contributed by atoms with Crippen molar-refractivity contribution in [2.75, 3.05) is 38.7 Å². The van der Waals surface area contributed by atoms with Gasteiger partial charge in [0.1, 0.15) is 12.4 Å². The van der Waals surface area contributed by atoms with Crippen molar-refractivity contribution in [2.45, 2.75) is 32.6 Å². The van der Waals surface area contributed by atoms with E-state index in [4.69, 9.17) is 4.74 Å². The normalized spacial score (nSPS) is 10.5. The zero-order valence-electron chi connectivity index (χ0n) is 12.6. The molecule has 3 nitrogen and oxygen atoms in total. The second-order valence-corrected chi connectivity index (χ2v) is 5.05. The minimum absolute atomic E-state index is 0.727. The number of nitrogens with zero attached hydrogens (tertiary/aromatic N) is 1. The van der Waals surface area contributed by atoms with Gasteiger partial charge < -0.3 is 15.0 Å². The number of ether oxygens (including phenoxy) is 1. The molecule has 3 heteroatoms. The predicted molar refractivity (Wildman–Crippen MR) is 83.3 cm³/mol. The zero-order chi connectivity index (χ0) is 13.9. The molecular weight excluding hydrogens is 236 g/mol. The number of hydrogen-bond donors (Lipinski definition) is 1. The summed E-state index contributed by atoms with van der Waals surface area (Å²) in [7, 11) is 4.08. The molecule has 0 aliphatic carbocycles. The Bertz CT molecular complexity index is 339. The third kappa shape index (κ3) is 7.06. The molecule has 0 atom stereocenters. The Morgan fingerprint density at radius 2 is 1.95 bits per heavy atom. The van der Waals surface area contributed by atoms with Crippen LogP contribution >= 0.6 is 0 Å². The van der Waals surface area contributed by atoms with Gasteiger partial charge >= 0.3 is 0 Å². The van der Waals surface area contributed by atoms with E-state index >= 15 is 0 Å². The standard InChI is InChI=1S/C16H28N2O/c1-4-5-6-7-11-17-12-13-19-16-10-8-9-15(14-16)18(2)3/h8-10,14,17H,4-7,11-13H2,1-3H3. The first kappa shape index (κ1) is 15.8. The van der Waals surface area contributed by atoms with Crippen LogP contribution in [0.15, 0.2) is 24.3 Å². The first-order valence-corrected chi connectivity index (χ1v) is 7.35. The Kier molecular flexibility index (Phi) is 8.07. The molecule has 0 radical (unpaired) electrons. The van der Waals surface area contributed by atoms with Crippen LogP contribution in [0, 0.1) is 0 Å². The van der Waals surface area contributed by atoms with E-state index in [1.54, 1.807) is 0 Å². The van der Waals surface area contributed by atoms with Crippen LogP contribution in [-0.2, 0) is 0 Å². The van der Waals surface area contributed by atoms with Crippen molar-refractivity contribution in [1.29, 1.82) is 0 Å². The maximum Gasteiger partial charge on any atom is 0.121 e. The molecule has 0 aromatic heterocycles. The average molecular weight is 264 g/mol. The van der Waals surface area contributed by atoms with Crippen LogP contribution in [0.4, 0.5) is 5.69 Å². The highest BCUT2D eigenvalue weighted by atomic mass is 16.5. The molecule has 19 heavy (non-hydrogen) atoms. The smallest absolute Gasteiger partial charge is 0.121 e. The summed E-state index contributed by atoms with van der Waals surface area (Å²) in [6, 6.07) is 8.19. The first-order valence-electron chi connectivity index (χ1n) is 7.35. The minimum atomic E-state index is 0.727. The van der Waals surface area contributed by atoms with Crippen molar-refractivity contribution in [3.05, 3.63) is 24.3 Å². The molecule has 0 saturated carbocycles. The third-order valence-electron chi connectivity index (χ3n) is 3.09. The molecule has 0 fully saturated rings. The molecule has 1 aromatic rings. The fraction of sp³-hybridized carbons (Fsp3) is 0.625. The fourth-order valence-electron chi connectivity index (χ4n) is 1.89. The van der Waals surface area contributed by atoms with E-state index < -0.39 is 0 Å². The lowest BCUT2D eigenvalue weighted by Gasteiger charge is -2.14. The van der Waals surface area contributed by atoms with Gasteiger partial charge in [-0.1, -0.05) is 32.3 Å². The summed E-state index contributed by atoms with van der Waals surface area (Å²) in [5.74, 6) is 0.944. The van der Waals surface area contributed by atoms with Crippen molar-refractivity contribution in [3.63, 3.8) is 0 Å². The van der Waals surface area contributed by atoms with E-state index in [9.17, 15) is 0 Å². The number of benzene rings is 1. The van der Waals surface area contributed by atoms with Crippen LogP contribution in [0.3, 0.4) is 0 Å². The summed E-state index contributed by atoms with van der Waals surface area (Å²) < 4.78 is 5.74. The Labute approximate surface area is 118 Å². The lowest BCUT2D eigenvalue weighted by atomic mass is 10.2. The summed E-state index contributed by atoms with van der Waals surface area (Å²) in [6.45, 7) is 4.98. The van der Waals surface area contributed by atoms with Gasteiger partial charge in [0.25, 0.3) is 0 Å². The van der Waals surface area contributed by atoms with Crippen molar-refractivity contribution in [2.24, 2.45) is 0 Å². The maximum atomic E-state index is 5.74. The van der Waals surface area contributed by atoms with Gasteiger partial charge in [0.2, 0.25) is 0 Å². The number of nitrogens with one attached hydrogen (secondary N) is 1. The minimum Gasteiger partial charge on any atom is -0.492 e. The van der Waals surface area contributed by atoms with Crippen LogP contribution in [0.2, 0.25) is 0 Å². The molecule has 0 bridgehead atoms. The van der Waals surface area contributed by atoms with Gasteiger partial charge in [0.05, 0.1) is 0 Å². The van der Waals surface area contributed by atoms with Crippen molar-refractivity contribution >= 4 is 5.69 Å². The quantitative estimate of drug-likeness (QED) is 0.656. The summed E-state index contributed by atoms with van der Waals surface area (Å²) in [6.07, 6.45) is 5.24. The number of hydrogen-bond acceptors (Lipinski definition) is 3. The van der Waals surface area contributed by atoms with Crippen LogP contribution in [0.1, 0.15) is 32.6 Å². The number of unbranched alkanes of at least 4 members (excludes halogenated alkanes) is 3. The SMILES string of the molecule is CCCCCCNCCOc1cccc(N(C)C)c1. The molecule has 0 heterocycles. The molecule has 1 rings (SSSR count). The molecule has 0 spiro atoms. The van der Waals surface area contributed by atoms with Crippen LogP contribution in [0.5, 0.6) is 5.75 Å². The molecular formula is C16H28N2O. The van der Waals surface area contributed by atoms with Crippen molar-refractivity contribution in [3.8, 4) is 5.75 Å². The summed E-state index contributed by atoms with van der Waals surface area (Å²) in [5, 5.41) is 3.42. The van der Waals surface area contributed by atoms with E-state index in [0.29, 0.717) is 0 Å². The molecule has 0 saturated heterocycles. The van der Waals surface area contributed by atoms with Gasteiger partial charge in [-0.05, 0) is 25.1 Å². The van der Waals surface area contributed by atoms with E-state index in [0.717, 1.165) is 25.4 Å². The summed E-state index contributed by atoms with van der Waals surface area (Å²) >= 11 is 0. The van der Waals surface area contributed by atoms with Crippen LogP contribution < -0.4 is 15.0 Å². The van der Waals surface area contributed by atoms with Crippen molar-refractivity contribution in [1.82, 2.24) is 5.32 Å².